The van der Waals surface area contributed by atoms with Gasteiger partial charge in [-0.05, 0) is 36.0 Å². The molecule has 0 saturated heterocycles. The lowest BCUT2D eigenvalue weighted by Crippen LogP contribution is -2.15. The van der Waals surface area contributed by atoms with Crippen LogP contribution in [0.4, 0.5) is 0 Å². The zero-order chi connectivity index (χ0) is 13.7. The molecule has 0 aliphatic rings. The molecular formula is C14H20BrNO2. The smallest absolute Gasteiger partial charge is 0.305 e. The molecule has 1 aromatic rings. The van der Waals surface area contributed by atoms with Gasteiger partial charge in [-0.25, -0.2) is 0 Å². The molecule has 1 atom stereocenters. The van der Waals surface area contributed by atoms with E-state index in [1.54, 1.807) is 0 Å². The average molecular weight is 314 g/mol. The van der Waals surface area contributed by atoms with Gasteiger partial charge in [-0.15, -0.1) is 0 Å². The number of hydrogen-bond donors (Lipinski definition) is 2. The second-order valence-corrected chi connectivity index (χ2v) is 5.35. The van der Waals surface area contributed by atoms with Crippen LogP contribution in [0, 0.1) is 0 Å². The molecule has 0 radical (unpaired) electrons. The molecule has 0 heterocycles. The van der Waals surface area contributed by atoms with Crippen LogP contribution in [0.25, 0.3) is 0 Å². The van der Waals surface area contributed by atoms with E-state index in [0.717, 1.165) is 22.9 Å². The Kier molecular flexibility index (Phi) is 5.82. The van der Waals surface area contributed by atoms with Gasteiger partial charge >= 0.3 is 5.97 Å². The standard InChI is InChI=1S/C14H20BrNO2/c1-3-9(4-2)11-6-5-10(7-12(11)15)13(16)8-14(17)18/h5-7,9,13H,3-4,8,16H2,1-2H3,(H,17,18). The number of nitrogens with two attached hydrogens (primary N) is 1. The van der Waals surface area contributed by atoms with E-state index >= 15 is 0 Å². The van der Waals surface area contributed by atoms with Gasteiger partial charge in [-0.2, -0.15) is 0 Å². The summed E-state index contributed by atoms with van der Waals surface area (Å²) < 4.78 is 1.02. The summed E-state index contributed by atoms with van der Waals surface area (Å²) in [6.45, 7) is 4.34. The van der Waals surface area contributed by atoms with Crippen molar-refractivity contribution in [1.29, 1.82) is 0 Å². The van der Waals surface area contributed by atoms with Crippen LogP contribution in [0.5, 0.6) is 0 Å². The number of halogens is 1. The monoisotopic (exact) mass is 313 g/mol. The number of benzene rings is 1. The molecule has 0 amide bonds. The van der Waals surface area contributed by atoms with E-state index in [0.29, 0.717) is 5.92 Å². The summed E-state index contributed by atoms with van der Waals surface area (Å²) in [7, 11) is 0. The molecule has 0 aliphatic carbocycles. The summed E-state index contributed by atoms with van der Waals surface area (Å²) in [5.74, 6) is -0.341. The second-order valence-electron chi connectivity index (χ2n) is 4.50. The molecule has 18 heavy (non-hydrogen) atoms. The van der Waals surface area contributed by atoms with Gasteiger partial charge in [0.25, 0.3) is 0 Å². The van der Waals surface area contributed by atoms with Gasteiger partial charge in [0.1, 0.15) is 0 Å². The predicted molar refractivity (Wildman–Crippen MR) is 76.6 cm³/mol. The third kappa shape index (κ3) is 3.82. The fourth-order valence-electron chi connectivity index (χ4n) is 2.14. The molecule has 3 N–H and O–H groups in total. The Morgan fingerprint density at radius 2 is 2.00 bits per heavy atom. The second kappa shape index (κ2) is 6.90. The fraction of sp³-hybridized carbons (Fsp3) is 0.500. The Balaban J connectivity index is 2.94. The van der Waals surface area contributed by atoms with E-state index < -0.39 is 12.0 Å². The van der Waals surface area contributed by atoms with Gasteiger partial charge < -0.3 is 10.8 Å². The summed E-state index contributed by atoms with van der Waals surface area (Å²) in [4.78, 5) is 10.6. The van der Waals surface area contributed by atoms with Crippen molar-refractivity contribution in [1.82, 2.24) is 0 Å². The number of rotatable bonds is 6. The van der Waals surface area contributed by atoms with E-state index in [-0.39, 0.29) is 6.42 Å². The lowest BCUT2D eigenvalue weighted by Gasteiger charge is -2.17. The lowest BCUT2D eigenvalue weighted by atomic mass is 9.92. The predicted octanol–water partition coefficient (Wildman–Crippen LogP) is 3.83. The molecule has 4 heteroatoms. The van der Waals surface area contributed by atoms with E-state index in [2.05, 4.69) is 35.8 Å². The van der Waals surface area contributed by atoms with Crippen molar-refractivity contribution in [3.05, 3.63) is 33.8 Å². The number of carboxylic acid groups (broad SMARTS) is 1. The molecule has 0 saturated carbocycles. The highest BCUT2D eigenvalue weighted by Crippen LogP contribution is 2.31. The maximum Gasteiger partial charge on any atom is 0.305 e. The first kappa shape index (κ1) is 15.2. The minimum absolute atomic E-state index is 0.0449. The Morgan fingerprint density at radius 3 is 2.44 bits per heavy atom. The van der Waals surface area contributed by atoms with E-state index in [1.165, 1.54) is 5.56 Å². The van der Waals surface area contributed by atoms with E-state index in [4.69, 9.17) is 10.8 Å². The van der Waals surface area contributed by atoms with Crippen LogP contribution in [0.15, 0.2) is 22.7 Å². The molecule has 100 valence electrons. The fourth-order valence-corrected chi connectivity index (χ4v) is 2.86. The number of aliphatic carboxylic acids is 1. The zero-order valence-electron chi connectivity index (χ0n) is 10.8. The van der Waals surface area contributed by atoms with Gasteiger partial charge in [0.05, 0.1) is 6.42 Å². The molecule has 0 aromatic heterocycles. The topological polar surface area (TPSA) is 63.3 Å². The molecule has 1 unspecified atom stereocenters. The van der Waals surface area contributed by atoms with Crippen LogP contribution in [0.1, 0.15) is 56.2 Å². The Labute approximate surface area is 117 Å². The van der Waals surface area contributed by atoms with Crippen molar-refractivity contribution in [3.8, 4) is 0 Å². The molecular weight excluding hydrogens is 294 g/mol. The molecule has 1 aromatic carbocycles. The van der Waals surface area contributed by atoms with Crippen molar-refractivity contribution in [2.75, 3.05) is 0 Å². The van der Waals surface area contributed by atoms with Crippen molar-refractivity contribution < 1.29 is 9.90 Å². The molecule has 0 fully saturated rings. The number of carbonyl (C=O) groups is 1. The van der Waals surface area contributed by atoms with Crippen molar-refractivity contribution in [2.24, 2.45) is 5.73 Å². The van der Waals surface area contributed by atoms with Crippen LogP contribution in [-0.2, 0) is 4.79 Å². The lowest BCUT2D eigenvalue weighted by molar-refractivity contribution is -0.137. The Hall–Kier alpha value is -0.870. The Morgan fingerprint density at radius 1 is 1.39 bits per heavy atom. The quantitative estimate of drug-likeness (QED) is 0.839. The van der Waals surface area contributed by atoms with Gasteiger partial charge in [0.15, 0.2) is 0 Å². The summed E-state index contributed by atoms with van der Waals surface area (Å²) >= 11 is 3.56. The minimum atomic E-state index is -0.873. The summed E-state index contributed by atoms with van der Waals surface area (Å²) in [5, 5.41) is 8.74. The third-order valence-electron chi connectivity index (χ3n) is 3.27. The zero-order valence-corrected chi connectivity index (χ0v) is 12.4. The van der Waals surface area contributed by atoms with Crippen molar-refractivity contribution >= 4 is 21.9 Å². The van der Waals surface area contributed by atoms with E-state index in [1.807, 2.05) is 12.1 Å². The largest absolute Gasteiger partial charge is 0.481 e. The van der Waals surface area contributed by atoms with Crippen LogP contribution in [0.2, 0.25) is 0 Å². The maximum absolute atomic E-state index is 10.6. The minimum Gasteiger partial charge on any atom is -0.481 e. The molecule has 1 rings (SSSR count). The first-order chi connectivity index (χ1) is 8.49. The maximum atomic E-state index is 10.6. The molecule has 3 nitrogen and oxygen atoms in total. The van der Waals surface area contributed by atoms with E-state index in [9.17, 15) is 4.79 Å². The van der Waals surface area contributed by atoms with Gasteiger partial charge in [-0.3, -0.25) is 4.79 Å². The molecule has 0 aliphatic heterocycles. The number of hydrogen-bond acceptors (Lipinski definition) is 2. The van der Waals surface area contributed by atoms with Crippen LogP contribution in [-0.4, -0.2) is 11.1 Å². The van der Waals surface area contributed by atoms with Crippen molar-refractivity contribution in [2.45, 2.75) is 45.1 Å². The molecule has 0 bridgehead atoms. The molecule has 0 spiro atoms. The summed E-state index contributed by atoms with van der Waals surface area (Å²) in [5.41, 5.74) is 7.98. The summed E-state index contributed by atoms with van der Waals surface area (Å²) in [6, 6.07) is 5.49. The highest BCUT2D eigenvalue weighted by atomic mass is 79.9. The first-order valence-electron chi connectivity index (χ1n) is 6.26. The normalized spacial score (nSPS) is 12.7. The highest BCUT2D eigenvalue weighted by molar-refractivity contribution is 9.10. The third-order valence-corrected chi connectivity index (χ3v) is 3.96. The van der Waals surface area contributed by atoms with Gasteiger partial charge in [-0.1, -0.05) is 41.9 Å². The first-order valence-corrected chi connectivity index (χ1v) is 7.05. The highest BCUT2D eigenvalue weighted by Gasteiger charge is 2.15. The SMILES string of the molecule is CCC(CC)c1ccc(C(N)CC(=O)O)cc1Br. The van der Waals surface area contributed by atoms with Gasteiger partial charge in [0.2, 0.25) is 0 Å². The Bertz CT molecular complexity index is 416. The number of carboxylic acids is 1. The van der Waals surface area contributed by atoms with Gasteiger partial charge in [0, 0.05) is 10.5 Å². The summed E-state index contributed by atoms with van der Waals surface area (Å²) in [6.07, 6.45) is 2.14. The average Bonchev–Trinajstić information content (AvgIpc) is 2.31. The van der Waals surface area contributed by atoms with Crippen LogP contribution < -0.4 is 5.73 Å². The van der Waals surface area contributed by atoms with Crippen molar-refractivity contribution in [3.63, 3.8) is 0 Å². The van der Waals surface area contributed by atoms with Crippen LogP contribution >= 0.6 is 15.9 Å². The van der Waals surface area contributed by atoms with Crippen LogP contribution in [0.3, 0.4) is 0 Å².